The van der Waals surface area contributed by atoms with Crippen molar-refractivity contribution in [3.63, 3.8) is 0 Å². The zero-order chi connectivity index (χ0) is 15.1. The van der Waals surface area contributed by atoms with Gasteiger partial charge in [-0.15, -0.1) is 0 Å². The highest BCUT2D eigenvalue weighted by atomic mass is 16.5. The number of amides is 2. The molecule has 6 nitrogen and oxygen atoms in total. The lowest BCUT2D eigenvalue weighted by molar-refractivity contribution is -0.121. The summed E-state index contributed by atoms with van der Waals surface area (Å²) < 4.78 is 9.96. The van der Waals surface area contributed by atoms with Crippen LogP contribution in [-0.2, 0) is 9.53 Å². The molecule has 21 heavy (non-hydrogen) atoms. The number of furan rings is 1. The molecule has 1 heterocycles. The summed E-state index contributed by atoms with van der Waals surface area (Å²) in [7, 11) is 1.63. The molecule has 1 N–H and O–H groups in total. The monoisotopic (exact) mass is 294 g/mol. The molecule has 0 atom stereocenters. The van der Waals surface area contributed by atoms with Crippen molar-refractivity contribution in [3.8, 4) is 0 Å². The zero-order valence-electron chi connectivity index (χ0n) is 12.3. The van der Waals surface area contributed by atoms with Crippen molar-refractivity contribution in [2.45, 2.75) is 31.7 Å². The first-order valence-electron chi connectivity index (χ1n) is 7.30. The number of hydrogen-bond donors (Lipinski definition) is 1. The van der Waals surface area contributed by atoms with Gasteiger partial charge in [0.2, 0.25) is 5.91 Å². The number of nitrogens with zero attached hydrogens (tertiary/aromatic N) is 1. The highest BCUT2D eigenvalue weighted by Crippen LogP contribution is 2.18. The Bertz CT molecular complexity index is 454. The van der Waals surface area contributed by atoms with Crippen LogP contribution in [0.15, 0.2) is 23.0 Å². The van der Waals surface area contributed by atoms with Gasteiger partial charge in [0.25, 0.3) is 5.91 Å². The van der Waals surface area contributed by atoms with E-state index in [1.165, 1.54) is 12.5 Å². The number of hydrogen-bond acceptors (Lipinski definition) is 4. The predicted molar refractivity (Wildman–Crippen MR) is 76.9 cm³/mol. The van der Waals surface area contributed by atoms with Crippen LogP contribution in [0, 0.1) is 0 Å². The topological polar surface area (TPSA) is 71.8 Å². The maximum atomic E-state index is 12.3. The maximum Gasteiger partial charge on any atom is 0.257 e. The molecule has 0 aromatic carbocycles. The van der Waals surface area contributed by atoms with E-state index in [1.54, 1.807) is 18.1 Å². The first-order chi connectivity index (χ1) is 10.2. The number of methoxy groups -OCH3 is 1. The van der Waals surface area contributed by atoms with Gasteiger partial charge in [-0.2, -0.15) is 0 Å². The summed E-state index contributed by atoms with van der Waals surface area (Å²) in [5, 5.41) is 2.93. The number of carbonyl (C=O) groups is 2. The second-order valence-electron chi connectivity index (χ2n) is 5.24. The van der Waals surface area contributed by atoms with Crippen LogP contribution < -0.4 is 5.32 Å². The summed E-state index contributed by atoms with van der Waals surface area (Å²) in [5.41, 5.74) is 0.509. The maximum absolute atomic E-state index is 12.3. The molecule has 1 fully saturated rings. The van der Waals surface area contributed by atoms with Crippen LogP contribution in [0.3, 0.4) is 0 Å². The van der Waals surface area contributed by atoms with Crippen molar-refractivity contribution in [2.24, 2.45) is 0 Å². The Morgan fingerprint density at radius 3 is 2.86 bits per heavy atom. The lowest BCUT2D eigenvalue weighted by atomic mass is 10.2. The first kappa shape index (κ1) is 15.6. The van der Waals surface area contributed by atoms with E-state index in [-0.39, 0.29) is 11.8 Å². The Kier molecular flexibility index (Phi) is 5.80. The molecule has 1 aliphatic rings. The Balaban J connectivity index is 1.84. The standard InChI is InChI=1S/C15H22N2O4/c1-20-9-2-7-17(15(19)12-6-10-21-11-12)8-5-14(18)16-13-3-4-13/h6,10-11,13H,2-5,7-9H2,1H3,(H,16,18). The van der Waals surface area contributed by atoms with Crippen molar-refractivity contribution >= 4 is 11.8 Å². The molecule has 6 heteroatoms. The van der Waals surface area contributed by atoms with E-state index in [4.69, 9.17) is 9.15 Å². The average Bonchev–Trinajstić information content (AvgIpc) is 3.11. The number of ether oxygens (including phenoxy) is 1. The summed E-state index contributed by atoms with van der Waals surface area (Å²) in [5.74, 6) is -0.103. The van der Waals surface area contributed by atoms with Crippen LogP contribution in [0.1, 0.15) is 36.0 Å². The summed E-state index contributed by atoms with van der Waals surface area (Å²) in [6, 6.07) is 1.99. The minimum Gasteiger partial charge on any atom is -0.472 e. The zero-order valence-corrected chi connectivity index (χ0v) is 12.3. The lowest BCUT2D eigenvalue weighted by Crippen LogP contribution is -2.36. The van der Waals surface area contributed by atoms with Gasteiger partial charge in [-0.3, -0.25) is 9.59 Å². The molecule has 1 aromatic heterocycles. The number of carbonyl (C=O) groups excluding carboxylic acids is 2. The first-order valence-corrected chi connectivity index (χ1v) is 7.30. The molecule has 0 aliphatic heterocycles. The molecule has 116 valence electrons. The van der Waals surface area contributed by atoms with Crippen molar-refractivity contribution in [1.82, 2.24) is 10.2 Å². The third-order valence-corrected chi connectivity index (χ3v) is 3.38. The van der Waals surface area contributed by atoms with E-state index in [0.29, 0.717) is 37.7 Å². The summed E-state index contributed by atoms with van der Waals surface area (Å²) in [4.78, 5) is 25.8. The molecule has 0 spiro atoms. The highest BCUT2D eigenvalue weighted by molar-refractivity contribution is 5.94. The highest BCUT2D eigenvalue weighted by Gasteiger charge is 2.24. The summed E-state index contributed by atoms with van der Waals surface area (Å²) >= 11 is 0. The predicted octanol–water partition coefficient (Wildman–Crippen LogP) is 1.43. The van der Waals surface area contributed by atoms with Gasteiger partial charge < -0.3 is 19.4 Å². The fraction of sp³-hybridized carbons (Fsp3) is 0.600. The Labute approximate surface area is 124 Å². The lowest BCUT2D eigenvalue weighted by Gasteiger charge is -2.21. The molecular formula is C15H22N2O4. The van der Waals surface area contributed by atoms with Gasteiger partial charge in [-0.1, -0.05) is 0 Å². The van der Waals surface area contributed by atoms with Crippen molar-refractivity contribution in [1.29, 1.82) is 0 Å². The number of nitrogens with one attached hydrogen (secondary N) is 1. The Morgan fingerprint density at radius 2 is 2.24 bits per heavy atom. The molecule has 0 bridgehead atoms. The fourth-order valence-electron chi connectivity index (χ4n) is 2.05. The molecule has 1 aliphatic carbocycles. The van der Waals surface area contributed by atoms with Gasteiger partial charge in [-0.25, -0.2) is 0 Å². The molecule has 0 saturated heterocycles. The van der Waals surface area contributed by atoms with Crippen LogP contribution >= 0.6 is 0 Å². The molecule has 1 aromatic rings. The second-order valence-corrected chi connectivity index (χ2v) is 5.24. The summed E-state index contributed by atoms with van der Waals surface area (Å²) in [6.45, 7) is 1.56. The van der Waals surface area contributed by atoms with E-state index in [2.05, 4.69) is 5.32 Å². The quantitative estimate of drug-likeness (QED) is 0.699. The minimum atomic E-state index is -0.112. The Morgan fingerprint density at radius 1 is 1.43 bits per heavy atom. The van der Waals surface area contributed by atoms with Gasteiger partial charge in [0, 0.05) is 39.3 Å². The number of rotatable bonds is 9. The van der Waals surface area contributed by atoms with Crippen LogP contribution in [0.4, 0.5) is 0 Å². The van der Waals surface area contributed by atoms with Crippen LogP contribution in [0.2, 0.25) is 0 Å². The van der Waals surface area contributed by atoms with E-state index >= 15 is 0 Å². The van der Waals surface area contributed by atoms with Crippen molar-refractivity contribution < 1.29 is 18.7 Å². The van der Waals surface area contributed by atoms with Crippen molar-refractivity contribution in [3.05, 3.63) is 24.2 Å². The molecule has 0 unspecified atom stereocenters. The summed E-state index contributed by atoms with van der Waals surface area (Å²) in [6.07, 6.45) is 6.10. The molecule has 1 saturated carbocycles. The second kappa shape index (κ2) is 7.83. The van der Waals surface area contributed by atoms with Crippen LogP contribution in [-0.4, -0.2) is 49.6 Å². The van der Waals surface area contributed by atoms with Gasteiger partial charge in [0.15, 0.2) is 0 Å². The molecular weight excluding hydrogens is 272 g/mol. The smallest absolute Gasteiger partial charge is 0.257 e. The third-order valence-electron chi connectivity index (χ3n) is 3.38. The normalized spacial score (nSPS) is 14.0. The SMILES string of the molecule is COCCCN(CCC(=O)NC1CC1)C(=O)c1ccoc1. The largest absolute Gasteiger partial charge is 0.472 e. The third kappa shape index (κ3) is 5.23. The van der Waals surface area contributed by atoms with Gasteiger partial charge in [-0.05, 0) is 25.3 Å². The molecule has 2 rings (SSSR count). The van der Waals surface area contributed by atoms with E-state index in [1.807, 2.05) is 0 Å². The van der Waals surface area contributed by atoms with Gasteiger partial charge in [0.1, 0.15) is 6.26 Å². The van der Waals surface area contributed by atoms with Crippen LogP contribution in [0.5, 0.6) is 0 Å². The average molecular weight is 294 g/mol. The van der Waals surface area contributed by atoms with E-state index in [9.17, 15) is 9.59 Å². The molecule has 0 radical (unpaired) electrons. The molecule has 2 amide bonds. The van der Waals surface area contributed by atoms with Gasteiger partial charge in [0.05, 0.1) is 11.8 Å². The van der Waals surface area contributed by atoms with E-state index < -0.39 is 0 Å². The Hall–Kier alpha value is -1.82. The fourth-order valence-corrected chi connectivity index (χ4v) is 2.05. The van der Waals surface area contributed by atoms with Gasteiger partial charge >= 0.3 is 0 Å². The minimum absolute atomic E-state index is 0.00855. The van der Waals surface area contributed by atoms with Crippen LogP contribution in [0.25, 0.3) is 0 Å². The van der Waals surface area contributed by atoms with E-state index in [0.717, 1.165) is 19.3 Å². The van der Waals surface area contributed by atoms with Crippen molar-refractivity contribution in [2.75, 3.05) is 26.8 Å².